The van der Waals surface area contributed by atoms with Crippen molar-refractivity contribution in [2.45, 2.75) is 32.9 Å². The van der Waals surface area contributed by atoms with Crippen LogP contribution >= 0.6 is 11.8 Å². The summed E-state index contributed by atoms with van der Waals surface area (Å²) in [5.74, 6) is 0.00869. The van der Waals surface area contributed by atoms with Crippen molar-refractivity contribution in [1.29, 1.82) is 0 Å². The van der Waals surface area contributed by atoms with Crippen molar-refractivity contribution in [1.82, 2.24) is 20.0 Å². The van der Waals surface area contributed by atoms with E-state index < -0.39 is 0 Å². The smallest absolute Gasteiger partial charge is 0.250 e. The first-order valence-corrected chi connectivity index (χ1v) is 11.0. The number of benzene rings is 1. The van der Waals surface area contributed by atoms with Gasteiger partial charge in [-0.15, -0.1) is 0 Å². The monoisotopic (exact) mass is 436 g/mol. The fourth-order valence-corrected chi connectivity index (χ4v) is 4.05. The van der Waals surface area contributed by atoms with E-state index in [1.165, 1.54) is 11.8 Å². The number of rotatable bonds is 7. The molecule has 7 nitrogen and oxygen atoms in total. The quantitative estimate of drug-likeness (QED) is 0.264. The van der Waals surface area contributed by atoms with E-state index in [0.29, 0.717) is 5.16 Å². The number of aromatic nitrogens is 3. The molecule has 0 atom stereocenters. The number of thioether (sulfide) groups is 1. The zero-order valence-electron chi connectivity index (χ0n) is 18.8. The van der Waals surface area contributed by atoms with Crippen LogP contribution in [0.3, 0.4) is 0 Å². The van der Waals surface area contributed by atoms with Crippen molar-refractivity contribution in [2.24, 2.45) is 5.10 Å². The van der Waals surface area contributed by atoms with Crippen LogP contribution in [0.25, 0.3) is 5.69 Å². The molecule has 1 aromatic carbocycles. The van der Waals surface area contributed by atoms with Gasteiger partial charge >= 0.3 is 0 Å². The molecule has 2 aromatic heterocycles. The second kappa shape index (κ2) is 9.78. The summed E-state index contributed by atoms with van der Waals surface area (Å²) in [6.45, 7) is 7.93. The molecule has 1 N–H and O–H groups in total. The number of hydrogen-bond acceptors (Lipinski definition) is 6. The van der Waals surface area contributed by atoms with E-state index in [1.807, 2.05) is 40.9 Å². The highest BCUT2D eigenvalue weighted by molar-refractivity contribution is 7.99. The number of hydrazone groups is 1. The average Bonchev–Trinajstić information content (AvgIpc) is 2.99. The molecule has 0 unspecified atom stereocenters. The first-order chi connectivity index (χ1) is 14.7. The minimum atomic E-state index is -0.197. The number of carbonyl (C=O) groups is 1. The third-order valence-corrected chi connectivity index (χ3v) is 5.63. The van der Waals surface area contributed by atoms with E-state index in [2.05, 4.69) is 67.2 Å². The maximum Gasteiger partial charge on any atom is 0.250 e. The lowest BCUT2D eigenvalue weighted by atomic mass is 10.2. The van der Waals surface area contributed by atoms with E-state index in [1.54, 1.807) is 6.21 Å². The maximum absolute atomic E-state index is 12.1. The van der Waals surface area contributed by atoms with Gasteiger partial charge in [0.15, 0.2) is 5.16 Å². The molecule has 3 rings (SSSR count). The molecule has 0 bridgehead atoms. The van der Waals surface area contributed by atoms with E-state index in [-0.39, 0.29) is 11.7 Å². The lowest BCUT2D eigenvalue weighted by Crippen LogP contribution is -2.19. The molecule has 0 fully saturated rings. The second-order valence-electron chi connectivity index (χ2n) is 7.59. The summed E-state index contributed by atoms with van der Waals surface area (Å²) in [4.78, 5) is 22.9. The van der Waals surface area contributed by atoms with Gasteiger partial charge in [-0.2, -0.15) is 5.10 Å². The third kappa shape index (κ3) is 5.73. The van der Waals surface area contributed by atoms with Crippen LogP contribution in [0.1, 0.15) is 28.3 Å². The molecular weight excluding hydrogens is 408 g/mol. The van der Waals surface area contributed by atoms with Crippen molar-refractivity contribution in [3.8, 4) is 5.69 Å². The van der Waals surface area contributed by atoms with Gasteiger partial charge in [0.1, 0.15) is 0 Å². The number of hydrogen-bond donors (Lipinski definition) is 1. The highest BCUT2D eigenvalue weighted by Crippen LogP contribution is 2.22. The van der Waals surface area contributed by atoms with E-state index in [0.717, 1.165) is 39.7 Å². The molecule has 0 aliphatic carbocycles. The predicted octanol–water partition coefficient (Wildman–Crippen LogP) is 3.81. The molecule has 0 aliphatic heterocycles. The molecule has 3 aromatic rings. The standard InChI is InChI=1S/C23H28N6OS/c1-15-11-16(2)26-23(25-15)31-14-22(30)27-24-13-19-12-17(3)29(18(19)4)21-9-7-20(8-10-21)28(5)6/h7-13H,14H2,1-6H3,(H,27,30)/b24-13-. The van der Waals surface area contributed by atoms with Crippen molar-refractivity contribution in [2.75, 3.05) is 24.7 Å². The number of aryl methyl sites for hydroxylation is 3. The van der Waals surface area contributed by atoms with Gasteiger partial charge in [0.05, 0.1) is 12.0 Å². The van der Waals surface area contributed by atoms with Gasteiger partial charge in [-0.05, 0) is 64.1 Å². The minimum absolute atomic E-state index is 0.197. The van der Waals surface area contributed by atoms with Crippen LogP contribution in [-0.2, 0) is 4.79 Å². The largest absolute Gasteiger partial charge is 0.378 e. The Bertz CT molecular complexity index is 1080. The third-order valence-electron chi connectivity index (χ3n) is 4.78. The second-order valence-corrected chi connectivity index (χ2v) is 8.53. The van der Waals surface area contributed by atoms with Gasteiger partial charge in [0.2, 0.25) is 0 Å². The highest BCUT2D eigenvalue weighted by Gasteiger charge is 2.10. The van der Waals surface area contributed by atoms with Gasteiger partial charge < -0.3 is 9.47 Å². The average molecular weight is 437 g/mol. The van der Waals surface area contributed by atoms with Crippen LogP contribution in [0, 0.1) is 27.7 Å². The minimum Gasteiger partial charge on any atom is -0.378 e. The first-order valence-electron chi connectivity index (χ1n) is 9.98. The fraction of sp³-hybridized carbons (Fsp3) is 0.304. The molecule has 0 radical (unpaired) electrons. The molecule has 0 spiro atoms. The summed E-state index contributed by atoms with van der Waals surface area (Å²) in [5.41, 5.74) is 9.73. The molecule has 0 saturated heterocycles. The molecule has 2 heterocycles. The summed E-state index contributed by atoms with van der Waals surface area (Å²) in [6, 6.07) is 12.4. The Balaban J connectivity index is 1.63. The Labute approximate surface area is 187 Å². The zero-order valence-corrected chi connectivity index (χ0v) is 19.6. The molecule has 8 heteroatoms. The molecular formula is C23H28N6OS. The lowest BCUT2D eigenvalue weighted by Gasteiger charge is -2.14. The van der Waals surface area contributed by atoms with Crippen LogP contribution in [0.4, 0.5) is 5.69 Å². The zero-order chi connectivity index (χ0) is 22.5. The van der Waals surface area contributed by atoms with Gasteiger partial charge in [-0.25, -0.2) is 15.4 Å². The molecule has 31 heavy (non-hydrogen) atoms. The maximum atomic E-state index is 12.1. The summed E-state index contributed by atoms with van der Waals surface area (Å²) in [5, 5.41) is 4.73. The van der Waals surface area contributed by atoms with Crippen LogP contribution in [0.5, 0.6) is 0 Å². The Hall–Kier alpha value is -3.13. The fourth-order valence-electron chi connectivity index (χ4n) is 3.31. The Morgan fingerprint density at radius 2 is 1.74 bits per heavy atom. The van der Waals surface area contributed by atoms with Crippen LogP contribution in [0.15, 0.2) is 46.7 Å². The van der Waals surface area contributed by atoms with Gasteiger partial charge in [-0.1, -0.05) is 11.8 Å². The molecule has 0 saturated carbocycles. The summed E-state index contributed by atoms with van der Waals surface area (Å²) >= 11 is 1.30. The normalized spacial score (nSPS) is 11.2. The van der Waals surface area contributed by atoms with Crippen molar-refractivity contribution in [3.63, 3.8) is 0 Å². The van der Waals surface area contributed by atoms with E-state index in [4.69, 9.17) is 0 Å². The van der Waals surface area contributed by atoms with Gasteiger partial charge in [0.25, 0.3) is 5.91 Å². The summed E-state index contributed by atoms with van der Waals surface area (Å²) in [6.07, 6.45) is 1.68. The molecule has 1 amide bonds. The molecule has 0 aliphatic rings. The lowest BCUT2D eigenvalue weighted by molar-refractivity contribution is -0.118. The highest BCUT2D eigenvalue weighted by atomic mass is 32.2. The number of nitrogens with zero attached hydrogens (tertiary/aromatic N) is 5. The van der Waals surface area contributed by atoms with Gasteiger partial charge in [0, 0.05) is 53.8 Å². The first kappa shape index (κ1) is 22.6. The topological polar surface area (TPSA) is 75.4 Å². The summed E-state index contributed by atoms with van der Waals surface area (Å²) < 4.78 is 2.18. The SMILES string of the molecule is Cc1cc(C)nc(SCC(=O)N/N=C\c2cc(C)n(-c3ccc(N(C)C)cc3)c2C)n1. The Morgan fingerprint density at radius 1 is 1.10 bits per heavy atom. The number of nitrogens with one attached hydrogen (secondary N) is 1. The Kier molecular flexibility index (Phi) is 7.12. The molecule has 162 valence electrons. The van der Waals surface area contributed by atoms with E-state index >= 15 is 0 Å². The summed E-state index contributed by atoms with van der Waals surface area (Å²) in [7, 11) is 4.05. The van der Waals surface area contributed by atoms with Crippen LogP contribution in [0.2, 0.25) is 0 Å². The van der Waals surface area contributed by atoms with Gasteiger partial charge in [-0.3, -0.25) is 4.79 Å². The van der Waals surface area contributed by atoms with Crippen molar-refractivity contribution in [3.05, 3.63) is 64.7 Å². The predicted molar refractivity (Wildman–Crippen MR) is 128 cm³/mol. The Morgan fingerprint density at radius 3 is 2.35 bits per heavy atom. The number of amides is 1. The number of anilines is 1. The van der Waals surface area contributed by atoms with Crippen LogP contribution < -0.4 is 10.3 Å². The van der Waals surface area contributed by atoms with Crippen molar-refractivity contribution >= 4 is 29.6 Å². The van der Waals surface area contributed by atoms with Crippen molar-refractivity contribution < 1.29 is 4.79 Å². The van der Waals surface area contributed by atoms with Crippen LogP contribution in [-0.4, -0.2) is 46.5 Å². The van der Waals surface area contributed by atoms with E-state index in [9.17, 15) is 4.79 Å². The number of carbonyl (C=O) groups excluding carboxylic acids is 1.